The maximum absolute atomic E-state index is 4.70. The summed E-state index contributed by atoms with van der Waals surface area (Å²) in [5.74, 6) is 0.967. The molecule has 0 atom stereocenters. The van der Waals surface area contributed by atoms with E-state index in [2.05, 4.69) is 39.6 Å². The molecule has 0 aliphatic carbocycles. The van der Waals surface area contributed by atoms with Gasteiger partial charge in [-0.05, 0) is 17.7 Å². The number of aromatic nitrogens is 3. The van der Waals surface area contributed by atoms with Gasteiger partial charge in [-0.2, -0.15) is 5.10 Å². The molecule has 0 spiro atoms. The zero-order valence-electron chi connectivity index (χ0n) is 11.0. The van der Waals surface area contributed by atoms with Crippen molar-refractivity contribution in [2.45, 2.75) is 6.54 Å². The van der Waals surface area contributed by atoms with Crippen LogP contribution in [0, 0.1) is 0 Å². The fourth-order valence-electron chi connectivity index (χ4n) is 2.65. The highest BCUT2D eigenvalue weighted by molar-refractivity contribution is 5.65. The third-order valence-electron chi connectivity index (χ3n) is 3.63. The Morgan fingerprint density at radius 3 is 3.05 bits per heavy atom. The third kappa shape index (κ3) is 1.83. The highest BCUT2D eigenvalue weighted by atomic mass is 15.3. The smallest absolute Gasteiger partial charge is 0.157 e. The molecule has 0 saturated carbocycles. The van der Waals surface area contributed by atoms with Crippen LogP contribution in [-0.2, 0) is 6.54 Å². The SMILES string of the molecule is c1ccc2c(c1)CNCCN2c1ccn2nccc2n1. The highest BCUT2D eigenvalue weighted by Gasteiger charge is 2.17. The summed E-state index contributed by atoms with van der Waals surface area (Å²) in [5, 5.41) is 7.64. The zero-order valence-corrected chi connectivity index (χ0v) is 11.0. The van der Waals surface area contributed by atoms with Gasteiger partial charge in [-0.25, -0.2) is 9.50 Å². The second-order valence-electron chi connectivity index (χ2n) is 4.88. The van der Waals surface area contributed by atoms with Crippen LogP contribution in [0.4, 0.5) is 11.5 Å². The highest BCUT2D eigenvalue weighted by Crippen LogP contribution is 2.28. The van der Waals surface area contributed by atoms with Crippen molar-refractivity contribution in [2.75, 3.05) is 18.0 Å². The first-order valence-electron chi connectivity index (χ1n) is 6.78. The van der Waals surface area contributed by atoms with Crippen molar-refractivity contribution < 1.29 is 0 Å². The fraction of sp³-hybridized carbons (Fsp3) is 0.200. The molecule has 3 aromatic rings. The largest absolute Gasteiger partial charge is 0.325 e. The normalized spacial score (nSPS) is 15.1. The molecule has 0 saturated heterocycles. The summed E-state index contributed by atoms with van der Waals surface area (Å²) >= 11 is 0. The Hall–Kier alpha value is -2.40. The predicted octanol–water partition coefficient (Wildman–Crippen LogP) is 1.97. The molecule has 4 rings (SSSR count). The second-order valence-corrected chi connectivity index (χ2v) is 4.88. The first-order chi connectivity index (χ1) is 9.92. The Bertz CT molecular complexity index is 749. The van der Waals surface area contributed by atoms with Crippen LogP contribution < -0.4 is 10.2 Å². The number of nitrogens with zero attached hydrogens (tertiary/aromatic N) is 4. The number of hydrogen-bond acceptors (Lipinski definition) is 4. The first-order valence-corrected chi connectivity index (χ1v) is 6.78. The van der Waals surface area contributed by atoms with Gasteiger partial charge >= 0.3 is 0 Å². The molecule has 1 N–H and O–H groups in total. The van der Waals surface area contributed by atoms with E-state index in [9.17, 15) is 0 Å². The van der Waals surface area contributed by atoms with Gasteiger partial charge in [0.2, 0.25) is 0 Å². The lowest BCUT2D eigenvalue weighted by atomic mass is 10.1. The van der Waals surface area contributed by atoms with Crippen LogP contribution in [0.15, 0.2) is 48.8 Å². The molecule has 20 heavy (non-hydrogen) atoms. The number of rotatable bonds is 1. The molecule has 100 valence electrons. The first kappa shape index (κ1) is 11.4. The number of fused-ring (bicyclic) bond motifs is 2. The van der Waals surface area contributed by atoms with E-state index >= 15 is 0 Å². The van der Waals surface area contributed by atoms with E-state index in [1.54, 1.807) is 10.7 Å². The Morgan fingerprint density at radius 1 is 1.10 bits per heavy atom. The third-order valence-corrected chi connectivity index (χ3v) is 3.63. The molecule has 1 aliphatic heterocycles. The van der Waals surface area contributed by atoms with E-state index in [1.807, 2.05) is 18.3 Å². The fourth-order valence-corrected chi connectivity index (χ4v) is 2.65. The minimum absolute atomic E-state index is 0.872. The van der Waals surface area contributed by atoms with Crippen molar-refractivity contribution in [3.05, 3.63) is 54.4 Å². The number of para-hydroxylation sites is 1. The molecule has 0 radical (unpaired) electrons. The standard InChI is InChI=1S/C15H15N5/c1-2-4-13-12(3-1)11-16-8-10-19(13)14-6-9-20-15(18-14)5-7-17-20/h1-7,9,16H,8,10-11H2. The van der Waals surface area contributed by atoms with E-state index in [1.165, 1.54) is 11.3 Å². The maximum atomic E-state index is 4.70. The zero-order chi connectivity index (χ0) is 13.4. The van der Waals surface area contributed by atoms with Crippen molar-refractivity contribution in [3.63, 3.8) is 0 Å². The van der Waals surface area contributed by atoms with Crippen LogP contribution in [0.25, 0.3) is 5.65 Å². The molecule has 3 heterocycles. The van der Waals surface area contributed by atoms with Crippen LogP contribution in [-0.4, -0.2) is 27.7 Å². The van der Waals surface area contributed by atoms with Gasteiger partial charge in [0, 0.05) is 37.6 Å². The quantitative estimate of drug-likeness (QED) is 0.730. The van der Waals surface area contributed by atoms with E-state index in [0.717, 1.165) is 31.1 Å². The summed E-state index contributed by atoms with van der Waals surface area (Å²) in [7, 11) is 0. The van der Waals surface area contributed by atoms with E-state index in [-0.39, 0.29) is 0 Å². The van der Waals surface area contributed by atoms with Crippen LogP contribution >= 0.6 is 0 Å². The average molecular weight is 265 g/mol. The van der Waals surface area contributed by atoms with Crippen molar-refractivity contribution in [1.82, 2.24) is 19.9 Å². The minimum atomic E-state index is 0.872. The average Bonchev–Trinajstić information content (AvgIpc) is 2.85. The number of nitrogens with one attached hydrogen (secondary N) is 1. The van der Waals surface area contributed by atoms with Crippen LogP contribution in [0.3, 0.4) is 0 Å². The van der Waals surface area contributed by atoms with Gasteiger partial charge in [-0.1, -0.05) is 18.2 Å². The summed E-state index contributed by atoms with van der Waals surface area (Å²) in [6.45, 7) is 2.76. The van der Waals surface area contributed by atoms with Gasteiger partial charge in [0.1, 0.15) is 5.82 Å². The monoisotopic (exact) mass is 265 g/mol. The molecule has 1 aromatic carbocycles. The van der Waals surface area contributed by atoms with Crippen LogP contribution in [0.1, 0.15) is 5.56 Å². The molecular weight excluding hydrogens is 250 g/mol. The molecule has 0 amide bonds. The molecule has 1 aliphatic rings. The molecule has 5 heteroatoms. The Labute approximate surface area is 116 Å². The van der Waals surface area contributed by atoms with Crippen LogP contribution in [0.5, 0.6) is 0 Å². The Balaban J connectivity index is 1.84. The summed E-state index contributed by atoms with van der Waals surface area (Å²) < 4.78 is 1.78. The lowest BCUT2D eigenvalue weighted by Crippen LogP contribution is -2.25. The summed E-state index contributed by atoms with van der Waals surface area (Å²) in [5.41, 5.74) is 3.41. The van der Waals surface area contributed by atoms with E-state index in [4.69, 9.17) is 4.98 Å². The van der Waals surface area contributed by atoms with Gasteiger partial charge in [0.25, 0.3) is 0 Å². The number of anilines is 2. The summed E-state index contributed by atoms with van der Waals surface area (Å²) in [4.78, 5) is 6.96. The number of benzene rings is 1. The summed E-state index contributed by atoms with van der Waals surface area (Å²) in [6, 6.07) is 12.4. The molecular formula is C15H15N5. The minimum Gasteiger partial charge on any atom is -0.325 e. The Kier molecular flexibility index (Phi) is 2.63. The van der Waals surface area contributed by atoms with Crippen molar-refractivity contribution in [1.29, 1.82) is 0 Å². The lowest BCUT2D eigenvalue weighted by Gasteiger charge is -2.23. The van der Waals surface area contributed by atoms with Gasteiger partial charge < -0.3 is 10.2 Å². The second kappa shape index (κ2) is 4.61. The predicted molar refractivity (Wildman–Crippen MR) is 78.1 cm³/mol. The van der Waals surface area contributed by atoms with Gasteiger partial charge in [0.15, 0.2) is 5.65 Å². The van der Waals surface area contributed by atoms with Gasteiger partial charge in [-0.3, -0.25) is 0 Å². The number of hydrogen-bond donors (Lipinski definition) is 1. The van der Waals surface area contributed by atoms with Gasteiger partial charge in [-0.15, -0.1) is 0 Å². The lowest BCUT2D eigenvalue weighted by molar-refractivity contribution is 0.711. The molecule has 0 unspecified atom stereocenters. The topological polar surface area (TPSA) is 45.5 Å². The molecule has 2 aromatic heterocycles. The van der Waals surface area contributed by atoms with Crippen molar-refractivity contribution in [3.8, 4) is 0 Å². The van der Waals surface area contributed by atoms with E-state index < -0.39 is 0 Å². The van der Waals surface area contributed by atoms with Gasteiger partial charge in [0.05, 0.1) is 6.20 Å². The molecule has 0 bridgehead atoms. The molecule has 5 nitrogen and oxygen atoms in total. The molecule has 0 fully saturated rings. The summed E-state index contributed by atoms with van der Waals surface area (Å²) in [6.07, 6.45) is 3.72. The van der Waals surface area contributed by atoms with E-state index in [0.29, 0.717) is 0 Å². The van der Waals surface area contributed by atoms with Crippen LogP contribution in [0.2, 0.25) is 0 Å². The van der Waals surface area contributed by atoms with Crippen molar-refractivity contribution >= 4 is 17.2 Å². The van der Waals surface area contributed by atoms with Crippen molar-refractivity contribution in [2.24, 2.45) is 0 Å². The maximum Gasteiger partial charge on any atom is 0.157 e. The Morgan fingerprint density at radius 2 is 2.05 bits per heavy atom.